The molecule has 168 valence electrons. The van der Waals surface area contributed by atoms with Gasteiger partial charge in [-0.1, -0.05) is 25.6 Å². The summed E-state index contributed by atoms with van der Waals surface area (Å²) in [5.74, 6) is 0.526. The highest BCUT2D eigenvalue weighted by Crippen LogP contribution is 2.31. The maximum atomic E-state index is 6.27. The summed E-state index contributed by atoms with van der Waals surface area (Å²) in [7, 11) is 0. The van der Waals surface area contributed by atoms with Crippen LogP contribution in [0.25, 0.3) is 33.2 Å². The SMILES string of the molecule is C=C(CC)Nc1cncc(-c2cnc(N)c(Cc3cc4c(-c5ccncc5)cccc4[nH]3)c2)c1. The van der Waals surface area contributed by atoms with E-state index in [9.17, 15) is 0 Å². The third-order valence-electron chi connectivity index (χ3n) is 5.91. The van der Waals surface area contributed by atoms with E-state index in [1.54, 1.807) is 12.4 Å². The molecule has 0 fully saturated rings. The van der Waals surface area contributed by atoms with Gasteiger partial charge in [-0.05, 0) is 53.9 Å². The lowest BCUT2D eigenvalue weighted by molar-refractivity contribution is 1.10. The number of H-pyrrole nitrogens is 1. The number of nitrogens with zero attached hydrogens (tertiary/aromatic N) is 3. The molecule has 0 atom stereocenters. The zero-order chi connectivity index (χ0) is 23.5. The average molecular weight is 447 g/mol. The van der Waals surface area contributed by atoms with E-state index in [-0.39, 0.29) is 0 Å². The number of benzene rings is 1. The Hall–Kier alpha value is -4.45. The number of rotatable bonds is 7. The minimum atomic E-state index is 0.526. The number of aromatic nitrogens is 4. The molecule has 1 aromatic carbocycles. The first-order chi connectivity index (χ1) is 16.6. The number of nitrogens with two attached hydrogens (primary N) is 1. The van der Waals surface area contributed by atoms with E-state index < -0.39 is 0 Å². The molecule has 0 spiro atoms. The zero-order valence-electron chi connectivity index (χ0n) is 19.0. The van der Waals surface area contributed by atoms with Gasteiger partial charge in [0.1, 0.15) is 5.82 Å². The molecule has 6 heteroatoms. The Labute approximate surface area is 198 Å². The molecule has 34 heavy (non-hydrogen) atoms. The van der Waals surface area contributed by atoms with E-state index in [1.165, 1.54) is 10.9 Å². The fourth-order valence-corrected chi connectivity index (χ4v) is 4.08. The minimum absolute atomic E-state index is 0.526. The quantitative estimate of drug-likeness (QED) is 0.277. The molecule has 0 saturated carbocycles. The summed E-state index contributed by atoms with van der Waals surface area (Å²) >= 11 is 0. The molecule has 6 nitrogen and oxygen atoms in total. The van der Waals surface area contributed by atoms with E-state index >= 15 is 0 Å². The van der Waals surface area contributed by atoms with Crippen molar-refractivity contribution in [2.45, 2.75) is 19.8 Å². The highest BCUT2D eigenvalue weighted by molar-refractivity contribution is 5.95. The molecular formula is C28H26N6. The molecule has 0 aliphatic heterocycles. The molecule has 5 aromatic rings. The van der Waals surface area contributed by atoms with Gasteiger partial charge >= 0.3 is 0 Å². The van der Waals surface area contributed by atoms with Crippen LogP contribution < -0.4 is 11.1 Å². The van der Waals surface area contributed by atoms with Gasteiger partial charge in [-0.3, -0.25) is 9.97 Å². The number of hydrogen-bond acceptors (Lipinski definition) is 5. The van der Waals surface area contributed by atoms with Crippen LogP contribution in [-0.2, 0) is 6.42 Å². The fourth-order valence-electron chi connectivity index (χ4n) is 4.08. The molecule has 0 amide bonds. The second-order valence-electron chi connectivity index (χ2n) is 8.29. The third-order valence-corrected chi connectivity index (χ3v) is 5.91. The van der Waals surface area contributed by atoms with Crippen LogP contribution in [-0.4, -0.2) is 19.9 Å². The Bertz CT molecular complexity index is 1470. The van der Waals surface area contributed by atoms with Gasteiger partial charge in [0.2, 0.25) is 0 Å². The molecule has 4 heterocycles. The van der Waals surface area contributed by atoms with Crippen molar-refractivity contribution in [3.05, 3.63) is 103 Å². The second kappa shape index (κ2) is 9.19. The lowest BCUT2D eigenvalue weighted by Gasteiger charge is -2.10. The highest BCUT2D eigenvalue weighted by Gasteiger charge is 2.11. The summed E-state index contributed by atoms with van der Waals surface area (Å²) in [6.07, 6.45) is 10.6. The van der Waals surface area contributed by atoms with Gasteiger partial charge in [0.25, 0.3) is 0 Å². The molecule has 0 aliphatic carbocycles. The number of allylic oxidation sites excluding steroid dienone is 1. The second-order valence-corrected chi connectivity index (χ2v) is 8.29. The average Bonchev–Trinajstić information content (AvgIpc) is 3.28. The van der Waals surface area contributed by atoms with Gasteiger partial charge in [0, 0.05) is 70.2 Å². The minimum Gasteiger partial charge on any atom is -0.383 e. The monoisotopic (exact) mass is 446 g/mol. The number of nitrogen functional groups attached to an aromatic ring is 1. The van der Waals surface area contributed by atoms with E-state index in [2.05, 4.69) is 75.2 Å². The van der Waals surface area contributed by atoms with Crippen LogP contribution in [0.3, 0.4) is 0 Å². The molecular weight excluding hydrogens is 420 g/mol. The predicted molar refractivity (Wildman–Crippen MR) is 139 cm³/mol. The Morgan fingerprint density at radius 1 is 0.971 bits per heavy atom. The smallest absolute Gasteiger partial charge is 0.126 e. The maximum Gasteiger partial charge on any atom is 0.126 e. The molecule has 0 bridgehead atoms. The number of nitrogens with one attached hydrogen (secondary N) is 2. The Morgan fingerprint density at radius 3 is 2.62 bits per heavy atom. The van der Waals surface area contributed by atoms with Crippen LogP contribution in [0.15, 0.2) is 91.8 Å². The van der Waals surface area contributed by atoms with Gasteiger partial charge in [-0.25, -0.2) is 4.98 Å². The zero-order valence-corrected chi connectivity index (χ0v) is 19.0. The van der Waals surface area contributed by atoms with E-state index in [1.807, 2.05) is 30.7 Å². The van der Waals surface area contributed by atoms with E-state index in [0.717, 1.165) is 51.3 Å². The lowest BCUT2D eigenvalue weighted by atomic mass is 10.0. The summed E-state index contributed by atoms with van der Waals surface area (Å²) in [6, 6.07) is 16.7. The van der Waals surface area contributed by atoms with Crippen LogP contribution in [0.1, 0.15) is 24.6 Å². The van der Waals surface area contributed by atoms with Crippen LogP contribution >= 0.6 is 0 Å². The van der Waals surface area contributed by atoms with Crippen molar-refractivity contribution in [1.29, 1.82) is 0 Å². The lowest BCUT2D eigenvalue weighted by Crippen LogP contribution is -2.00. The van der Waals surface area contributed by atoms with Gasteiger partial charge in [-0.15, -0.1) is 0 Å². The van der Waals surface area contributed by atoms with Crippen molar-refractivity contribution in [3.8, 4) is 22.3 Å². The topological polar surface area (TPSA) is 92.5 Å². The maximum absolute atomic E-state index is 6.27. The molecule has 0 unspecified atom stereocenters. The number of fused-ring (bicyclic) bond motifs is 1. The van der Waals surface area contributed by atoms with Gasteiger partial charge in [-0.2, -0.15) is 0 Å². The third kappa shape index (κ3) is 4.38. The Balaban J connectivity index is 1.46. The number of hydrogen-bond donors (Lipinski definition) is 3. The van der Waals surface area contributed by atoms with Crippen LogP contribution in [0.2, 0.25) is 0 Å². The first-order valence-corrected chi connectivity index (χ1v) is 11.3. The fraction of sp³-hybridized carbons (Fsp3) is 0.107. The van der Waals surface area contributed by atoms with Crippen molar-refractivity contribution in [3.63, 3.8) is 0 Å². The summed E-state index contributed by atoms with van der Waals surface area (Å²) in [5.41, 5.74) is 15.5. The van der Waals surface area contributed by atoms with Crippen molar-refractivity contribution in [2.24, 2.45) is 0 Å². The molecule has 4 N–H and O–H groups in total. The molecule has 0 aliphatic rings. The summed E-state index contributed by atoms with van der Waals surface area (Å²) < 4.78 is 0. The normalized spacial score (nSPS) is 11.0. The van der Waals surface area contributed by atoms with Crippen molar-refractivity contribution < 1.29 is 0 Å². The first-order valence-electron chi connectivity index (χ1n) is 11.3. The van der Waals surface area contributed by atoms with Gasteiger partial charge in [0.05, 0.1) is 11.9 Å². The summed E-state index contributed by atoms with van der Waals surface area (Å²) in [5, 5.41) is 4.46. The molecule has 0 saturated heterocycles. The summed E-state index contributed by atoms with van der Waals surface area (Å²) in [6.45, 7) is 6.07. The van der Waals surface area contributed by atoms with Crippen molar-refractivity contribution >= 4 is 22.4 Å². The molecule has 4 aromatic heterocycles. The predicted octanol–water partition coefficient (Wildman–Crippen LogP) is 6.20. The Morgan fingerprint density at radius 2 is 1.79 bits per heavy atom. The standard InChI is InChI=1S/C28H26N6/c1-3-18(2)33-24-13-22(15-31-17-24)21-11-20(28(29)32-16-21)12-23-14-26-25(5-4-6-27(26)34-23)19-7-9-30-10-8-19/h4-11,13-17,33-34H,2-3,12H2,1H3,(H2,29,32). The Kier molecular flexibility index (Phi) is 5.79. The summed E-state index contributed by atoms with van der Waals surface area (Å²) in [4.78, 5) is 16.5. The molecule has 5 rings (SSSR count). The van der Waals surface area contributed by atoms with Crippen LogP contribution in [0.4, 0.5) is 11.5 Å². The van der Waals surface area contributed by atoms with Gasteiger partial charge < -0.3 is 16.0 Å². The van der Waals surface area contributed by atoms with E-state index in [4.69, 9.17) is 5.73 Å². The van der Waals surface area contributed by atoms with Crippen molar-refractivity contribution in [1.82, 2.24) is 19.9 Å². The number of anilines is 2. The highest BCUT2D eigenvalue weighted by atomic mass is 14.9. The molecule has 0 radical (unpaired) electrons. The van der Waals surface area contributed by atoms with E-state index in [0.29, 0.717) is 12.2 Å². The largest absolute Gasteiger partial charge is 0.383 e. The number of aromatic amines is 1. The van der Waals surface area contributed by atoms with Crippen molar-refractivity contribution in [2.75, 3.05) is 11.1 Å². The number of pyridine rings is 3. The van der Waals surface area contributed by atoms with Crippen LogP contribution in [0.5, 0.6) is 0 Å². The van der Waals surface area contributed by atoms with Gasteiger partial charge in [0.15, 0.2) is 0 Å². The first kappa shape index (κ1) is 21.4. The van der Waals surface area contributed by atoms with Crippen LogP contribution in [0, 0.1) is 0 Å².